The molecule has 0 unspecified atom stereocenters. The predicted octanol–water partition coefficient (Wildman–Crippen LogP) is 4.61. The Bertz CT molecular complexity index is 1520. The van der Waals surface area contributed by atoms with Crippen LogP contribution in [0.1, 0.15) is 32.9 Å². The van der Waals surface area contributed by atoms with Gasteiger partial charge in [0, 0.05) is 35.4 Å². The molecule has 10 heteroatoms. The lowest BCUT2D eigenvalue weighted by atomic mass is 9.94. The van der Waals surface area contributed by atoms with Crippen molar-refractivity contribution in [1.29, 1.82) is 0 Å². The number of carbonyl (C=O) groups is 2. The van der Waals surface area contributed by atoms with Crippen molar-refractivity contribution in [3.05, 3.63) is 87.7 Å². The molecule has 5 rings (SSSR count). The van der Waals surface area contributed by atoms with Crippen molar-refractivity contribution < 1.29 is 14.0 Å². The van der Waals surface area contributed by atoms with Crippen molar-refractivity contribution in [2.45, 2.75) is 20.4 Å². The second-order valence-electron chi connectivity index (χ2n) is 8.45. The third-order valence-electron chi connectivity index (χ3n) is 6.15. The topological polar surface area (TPSA) is 105 Å². The second kappa shape index (κ2) is 9.43. The van der Waals surface area contributed by atoms with E-state index in [1.54, 1.807) is 35.3 Å². The molecule has 0 atom stereocenters. The molecule has 8 nitrogen and oxygen atoms in total. The summed E-state index contributed by atoms with van der Waals surface area (Å²) < 4.78 is 15.4. The van der Waals surface area contributed by atoms with Crippen LogP contribution in [0.4, 0.5) is 10.1 Å². The number of amides is 2. The number of anilines is 1. The standard InChI is InChI=1S/C26H22ClFN6O2/c1-14-22(31-15(2)23(14)26(36)29-8-10-34-11-9-30-33-34)13-18-24-17(4-3-5-21(24)32-25(18)35)16-6-7-20(28)19(27)12-16/h3-7,9,11-13,31H,8,10H2,1-2H3,(H,29,36)(H,32,35)/b18-13-. The van der Waals surface area contributed by atoms with E-state index in [0.29, 0.717) is 52.4 Å². The van der Waals surface area contributed by atoms with Gasteiger partial charge in [0.2, 0.25) is 0 Å². The normalized spacial score (nSPS) is 13.7. The summed E-state index contributed by atoms with van der Waals surface area (Å²) in [6, 6.07) is 9.96. The average molecular weight is 505 g/mol. The molecule has 2 aromatic heterocycles. The summed E-state index contributed by atoms with van der Waals surface area (Å²) in [4.78, 5) is 29.1. The van der Waals surface area contributed by atoms with E-state index in [4.69, 9.17) is 11.6 Å². The molecule has 1 aliphatic heterocycles. The zero-order valence-electron chi connectivity index (χ0n) is 19.5. The van der Waals surface area contributed by atoms with Gasteiger partial charge in [-0.05, 0) is 54.8 Å². The smallest absolute Gasteiger partial charge is 0.256 e. The van der Waals surface area contributed by atoms with Gasteiger partial charge in [0.05, 0.1) is 28.9 Å². The van der Waals surface area contributed by atoms with Gasteiger partial charge in [0.1, 0.15) is 5.82 Å². The third kappa shape index (κ3) is 4.29. The van der Waals surface area contributed by atoms with Crippen molar-refractivity contribution in [2.75, 3.05) is 11.9 Å². The number of hydrogen-bond acceptors (Lipinski definition) is 4. The molecule has 3 heterocycles. The lowest BCUT2D eigenvalue weighted by molar-refractivity contribution is -0.110. The van der Waals surface area contributed by atoms with E-state index < -0.39 is 5.82 Å². The first-order chi connectivity index (χ1) is 17.3. The Morgan fingerprint density at radius 2 is 2.08 bits per heavy atom. The van der Waals surface area contributed by atoms with Crippen LogP contribution < -0.4 is 10.6 Å². The monoisotopic (exact) mass is 504 g/mol. The number of H-pyrrole nitrogens is 1. The minimum Gasteiger partial charge on any atom is -0.358 e. The number of hydrogen-bond donors (Lipinski definition) is 3. The van der Waals surface area contributed by atoms with Gasteiger partial charge in [-0.3, -0.25) is 14.3 Å². The maximum absolute atomic E-state index is 13.8. The van der Waals surface area contributed by atoms with Crippen LogP contribution in [-0.4, -0.2) is 38.3 Å². The van der Waals surface area contributed by atoms with Crippen LogP contribution in [0.25, 0.3) is 22.8 Å². The highest BCUT2D eigenvalue weighted by Crippen LogP contribution is 2.41. The zero-order chi connectivity index (χ0) is 25.4. The lowest BCUT2D eigenvalue weighted by Gasteiger charge is -2.09. The minimum atomic E-state index is -0.512. The van der Waals surface area contributed by atoms with Crippen LogP contribution in [0.3, 0.4) is 0 Å². The van der Waals surface area contributed by atoms with Gasteiger partial charge in [-0.15, -0.1) is 5.10 Å². The highest BCUT2D eigenvalue weighted by atomic mass is 35.5. The molecule has 2 amide bonds. The summed E-state index contributed by atoms with van der Waals surface area (Å²) in [5.74, 6) is -0.998. The van der Waals surface area contributed by atoms with Crippen molar-refractivity contribution >= 4 is 40.8 Å². The summed E-state index contributed by atoms with van der Waals surface area (Å²) in [5, 5.41) is 13.4. The summed E-state index contributed by atoms with van der Waals surface area (Å²) in [6.07, 6.45) is 5.04. The molecule has 1 aliphatic rings. The minimum absolute atomic E-state index is 0.00299. The fourth-order valence-electron chi connectivity index (χ4n) is 4.42. The second-order valence-corrected chi connectivity index (χ2v) is 8.86. The largest absolute Gasteiger partial charge is 0.358 e. The lowest BCUT2D eigenvalue weighted by Crippen LogP contribution is -2.28. The molecule has 0 bridgehead atoms. The molecule has 0 fully saturated rings. The van der Waals surface area contributed by atoms with Crippen molar-refractivity contribution in [2.24, 2.45) is 0 Å². The molecule has 2 aromatic carbocycles. The van der Waals surface area contributed by atoms with Crippen molar-refractivity contribution in [3.63, 3.8) is 0 Å². The number of halogens is 2. The average Bonchev–Trinajstić information content (AvgIpc) is 3.54. The molecule has 36 heavy (non-hydrogen) atoms. The summed E-state index contributed by atoms with van der Waals surface area (Å²) in [7, 11) is 0. The Morgan fingerprint density at radius 1 is 1.25 bits per heavy atom. The molecular weight excluding hydrogens is 483 g/mol. The van der Waals surface area contributed by atoms with Crippen LogP contribution in [0, 0.1) is 19.7 Å². The Morgan fingerprint density at radius 3 is 2.83 bits per heavy atom. The SMILES string of the molecule is Cc1[nH]c(/C=C2\C(=O)Nc3cccc(-c4ccc(F)c(Cl)c4)c32)c(C)c1C(=O)NCCn1ccnn1. The number of aryl methyl sites for hydroxylation is 1. The van der Waals surface area contributed by atoms with Gasteiger partial charge in [-0.25, -0.2) is 4.39 Å². The van der Waals surface area contributed by atoms with Gasteiger partial charge in [0.25, 0.3) is 11.8 Å². The van der Waals surface area contributed by atoms with E-state index in [1.165, 1.54) is 6.07 Å². The van der Waals surface area contributed by atoms with Gasteiger partial charge in [0.15, 0.2) is 0 Å². The highest BCUT2D eigenvalue weighted by Gasteiger charge is 2.28. The molecule has 0 saturated heterocycles. The summed E-state index contributed by atoms with van der Waals surface area (Å²) in [6.45, 7) is 4.54. The van der Waals surface area contributed by atoms with E-state index >= 15 is 0 Å². The Balaban J connectivity index is 1.48. The predicted molar refractivity (Wildman–Crippen MR) is 136 cm³/mol. The van der Waals surface area contributed by atoms with Crippen molar-refractivity contribution in [3.8, 4) is 11.1 Å². The highest BCUT2D eigenvalue weighted by molar-refractivity contribution is 6.36. The maximum atomic E-state index is 13.8. The first-order valence-corrected chi connectivity index (χ1v) is 11.6. The number of fused-ring (bicyclic) bond motifs is 1. The van der Waals surface area contributed by atoms with E-state index in [1.807, 2.05) is 32.0 Å². The molecule has 0 spiro atoms. The maximum Gasteiger partial charge on any atom is 0.256 e. The van der Waals surface area contributed by atoms with Gasteiger partial charge in [-0.1, -0.05) is 35.0 Å². The third-order valence-corrected chi connectivity index (χ3v) is 6.44. The van der Waals surface area contributed by atoms with Crippen LogP contribution >= 0.6 is 11.6 Å². The van der Waals surface area contributed by atoms with E-state index in [2.05, 4.69) is 25.9 Å². The molecule has 0 radical (unpaired) electrons. The van der Waals surface area contributed by atoms with Crippen molar-refractivity contribution in [1.82, 2.24) is 25.3 Å². The van der Waals surface area contributed by atoms with Crippen LogP contribution in [0.2, 0.25) is 5.02 Å². The first kappa shape index (κ1) is 23.5. The Labute approximate surface area is 211 Å². The number of nitrogens with one attached hydrogen (secondary N) is 3. The summed E-state index contributed by atoms with van der Waals surface area (Å²) >= 11 is 6.02. The number of benzene rings is 2. The van der Waals surface area contributed by atoms with Crippen LogP contribution in [-0.2, 0) is 11.3 Å². The van der Waals surface area contributed by atoms with E-state index in [0.717, 1.165) is 11.1 Å². The Kier molecular flexibility index (Phi) is 6.15. The molecule has 0 saturated carbocycles. The van der Waals surface area contributed by atoms with Gasteiger partial charge < -0.3 is 15.6 Å². The number of nitrogens with zero attached hydrogens (tertiary/aromatic N) is 3. The number of aromatic amines is 1. The molecular formula is C26H22ClFN6O2. The number of aromatic nitrogens is 4. The Hall–Kier alpha value is -4.24. The zero-order valence-corrected chi connectivity index (χ0v) is 20.3. The summed E-state index contributed by atoms with van der Waals surface area (Å²) in [5.41, 5.74) is 5.79. The first-order valence-electron chi connectivity index (χ1n) is 11.3. The number of rotatable bonds is 6. The molecule has 182 valence electrons. The van der Waals surface area contributed by atoms with Gasteiger partial charge >= 0.3 is 0 Å². The fourth-order valence-corrected chi connectivity index (χ4v) is 4.60. The molecule has 0 aliphatic carbocycles. The fraction of sp³-hybridized carbons (Fsp3) is 0.154. The molecule has 4 aromatic rings. The molecule has 3 N–H and O–H groups in total. The quantitative estimate of drug-likeness (QED) is 0.334. The van der Waals surface area contributed by atoms with Gasteiger partial charge in [-0.2, -0.15) is 0 Å². The number of carbonyl (C=O) groups excluding carboxylic acids is 2. The van der Waals surface area contributed by atoms with E-state index in [9.17, 15) is 14.0 Å². The van der Waals surface area contributed by atoms with Crippen LogP contribution in [0.5, 0.6) is 0 Å². The van der Waals surface area contributed by atoms with E-state index in [-0.39, 0.29) is 16.8 Å². The van der Waals surface area contributed by atoms with Crippen LogP contribution in [0.15, 0.2) is 48.8 Å².